The van der Waals surface area contributed by atoms with Crippen LogP contribution >= 0.6 is 35.3 Å². The number of hydrogen-bond acceptors (Lipinski definition) is 5. The lowest BCUT2D eigenvalue weighted by Gasteiger charge is -2.05. The molecule has 8 heteroatoms. The Balaban J connectivity index is 0.00000182. The highest BCUT2D eigenvalue weighted by molar-refractivity contribution is 7.21. The van der Waals surface area contributed by atoms with Crippen molar-refractivity contribution in [3.63, 3.8) is 0 Å². The van der Waals surface area contributed by atoms with Crippen LogP contribution in [0.15, 0.2) is 47.6 Å². The summed E-state index contributed by atoms with van der Waals surface area (Å²) in [6, 6.07) is 11.3. The summed E-state index contributed by atoms with van der Waals surface area (Å²) in [4.78, 5) is 21.7. The number of thiophene rings is 1. The summed E-state index contributed by atoms with van der Waals surface area (Å²) < 4.78 is 0.992. The lowest BCUT2D eigenvalue weighted by Crippen LogP contribution is -2.20. The van der Waals surface area contributed by atoms with Crippen molar-refractivity contribution in [2.75, 3.05) is 18.4 Å². The molecule has 3 heterocycles. The Kier molecular flexibility index (Phi) is 5.22. The van der Waals surface area contributed by atoms with Gasteiger partial charge in [-0.05, 0) is 18.2 Å². The van der Waals surface area contributed by atoms with Crippen molar-refractivity contribution in [1.82, 2.24) is 10.3 Å². The number of amidine groups is 1. The Morgan fingerprint density at radius 2 is 2.08 bits per heavy atom. The Hall–Kier alpha value is -2.15. The number of nitrogens with zero attached hydrogens (tertiary/aromatic N) is 2. The van der Waals surface area contributed by atoms with Gasteiger partial charge in [-0.25, -0.2) is 0 Å². The van der Waals surface area contributed by atoms with E-state index in [0.29, 0.717) is 15.6 Å². The predicted octanol–water partition coefficient (Wildman–Crippen LogP) is 3.97. The van der Waals surface area contributed by atoms with Crippen molar-refractivity contribution in [1.29, 1.82) is 0 Å². The average molecular weight is 393 g/mol. The topological polar surface area (TPSA) is 66.4 Å². The molecule has 1 aromatic carbocycles. The van der Waals surface area contributed by atoms with Gasteiger partial charge in [0.2, 0.25) is 0 Å². The number of carbonyl (C=O) groups excluding carboxylic acids is 1. The van der Waals surface area contributed by atoms with Crippen LogP contribution in [0.5, 0.6) is 0 Å². The van der Waals surface area contributed by atoms with Gasteiger partial charge in [-0.2, -0.15) is 0 Å². The average Bonchev–Trinajstić information content (AvgIpc) is 3.24. The number of benzene rings is 1. The molecule has 0 unspecified atom stereocenters. The number of aromatic nitrogens is 1. The van der Waals surface area contributed by atoms with Gasteiger partial charge in [-0.1, -0.05) is 29.8 Å². The van der Waals surface area contributed by atoms with Crippen LogP contribution in [0.1, 0.15) is 15.4 Å². The third-order valence-corrected chi connectivity index (χ3v) is 5.35. The summed E-state index contributed by atoms with van der Waals surface area (Å²) >= 11 is 7.72. The molecular weight excluding hydrogens is 379 g/mol. The molecule has 5 nitrogen and oxygen atoms in total. The summed E-state index contributed by atoms with van der Waals surface area (Å²) in [6.07, 6.45) is 1.62. The SMILES string of the molecule is Cl.O=C(Nc1ccc(C2=NCCN2)nc1)c1sc2ccccc2c1Cl. The lowest BCUT2D eigenvalue weighted by molar-refractivity contribution is 0.103. The van der Waals surface area contributed by atoms with Gasteiger partial charge in [0.05, 0.1) is 23.5 Å². The van der Waals surface area contributed by atoms with Crippen molar-refractivity contribution < 1.29 is 4.79 Å². The Bertz CT molecular complexity index is 953. The van der Waals surface area contributed by atoms with E-state index in [1.807, 2.05) is 36.4 Å². The second-order valence-corrected chi connectivity index (χ2v) is 6.71. The number of nitrogens with one attached hydrogen (secondary N) is 2. The Morgan fingerprint density at radius 1 is 1.24 bits per heavy atom. The molecule has 3 aromatic rings. The highest BCUT2D eigenvalue weighted by atomic mass is 35.5. The number of amides is 1. The maximum atomic E-state index is 12.5. The van der Waals surface area contributed by atoms with Gasteiger partial charge in [-0.3, -0.25) is 14.8 Å². The predicted molar refractivity (Wildman–Crippen MR) is 106 cm³/mol. The minimum atomic E-state index is -0.230. The fourth-order valence-electron chi connectivity index (χ4n) is 2.53. The van der Waals surface area contributed by atoms with E-state index in [0.717, 1.165) is 34.7 Å². The molecule has 0 atom stereocenters. The molecule has 25 heavy (non-hydrogen) atoms. The molecule has 2 aromatic heterocycles. The van der Waals surface area contributed by atoms with Crippen molar-refractivity contribution in [2.24, 2.45) is 4.99 Å². The second kappa shape index (κ2) is 7.39. The van der Waals surface area contributed by atoms with E-state index in [-0.39, 0.29) is 18.3 Å². The lowest BCUT2D eigenvalue weighted by atomic mass is 10.2. The Labute approximate surface area is 159 Å². The smallest absolute Gasteiger partial charge is 0.267 e. The van der Waals surface area contributed by atoms with Gasteiger partial charge < -0.3 is 10.6 Å². The summed E-state index contributed by atoms with van der Waals surface area (Å²) in [7, 11) is 0. The molecule has 0 saturated heterocycles. The quantitative estimate of drug-likeness (QED) is 0.708. The molecule has 2 N–H and O–H groups in total. The first-order chi connectivity index (χ1) is 11.7. The molecule has 0 saturated carbocycles. The number of halogens is 2. The van der Waals surface area contributed by atoms with Crippen LogP contribution in [0.3, 0.4) is 0 Å². The molecule has 0 bridgehead atoms. The minimum Gasteiger partial charge on any atom is -0.367 e. The number of rotatable bonds is 3. The van der Waals surface area contributed by atoms with E-state index >= 15 is 0 Å². The molecule has 0 aliphatic carbocycles. The van der Waals surface area contributed by atoms with Crippen LogP contribution in [0.25, 0.3) is 10.1 Å². The van der Waals surface area contributed by atoms with E-state index in [4.69, 9.17) is 11.6 Å². The first-order valence-electron chi connectivity index (χ1n) is 7.45. The molecule has 4 rings (SSSR count). The molecule has 128 valence electrons. The maximum absolute atomic E-state index is 12.5. The number of aliphatic imine (C=N–C) groups is 1. The highest BCUT2D eigenvalue weighted by Crippen LogP contribution is 2.35. The first kappa shape index (κ1) is 17.7. The zero-order chi connectivity index (χ0) is 16.5. The van der Waals surface area contributed by atoms with Crippen molar-refractivity contribution in [3.8, 4) is 0 Å². The largest absolute Gasteiger partial charge is 0.367 e. The van der Waals surface area contributed by atoms with Gasteiger partial charge in [0.25, 0.3) is 5.91 Å². The third-order valence-electron chi connectivity index (χ3n) is 3.68. The van der Waals surface area contributed by atoms with Crippen molar-refractivity contribution in [2.45, 2.75) is 0 Å². The van der Waals surface area contributed by atoms with Gasteiger partial charge in [0.1, 0.15) is 16.4 Å². The Morgan fingerprint density at radius 3 is 2.76 bits per heavy atom. The summed E-state index contributed by atoms with van der Waals surface area (Å²) in [5, 5.41) is 7.39. The normalized spacial score (nSPS) is 13.1. The number of fused-ring (bicyclic) bond motifs is 1. The number of pyridine rings is 1. The summed E-state index contributed by atoms with van der Waals surface area (Å²) in [6.45, 7) is 1.60. The first-order valence-corrected chi connectivity index (χ1v) is 8.65. The van der Waals surface area contributed by atoms with Crippen LogP contribution in [0.2, 0.25) is 5.02 Å². The van der Waals surface area contributed by atoms with Gasteiger partial charge in [0, 0.05) is 16.6 Å². The van der Waals surface area contributed by atoms with Crippen LogP contribution in [0, 0.1) is 0 Å². The standard InChI is InChI=1S/C17H13ClN4OS.ClH/c18-14-11-3-1-2-4-13(11)24-15(14)17(23)22-10-5-6-12(21-9-10)16-19-7-8-20-16;/h1-6,9H,7-8H2,(H,19,20)(H,22,23);1H. The van der Waals surface area contributed by atoms with E-state index in [1.54, 1.807) is 6.20 Å². The van der Waals surface area contributed by atoms with Crippen molar-refractivity contribution >= 4 is 62.9 Å². The van der Waals surface area contributed by atoms with E-state index in [2.05, 4.69) is 20.6 Å². The highest BCUT2D eigenvalue weighted by Gasteiger charge is 2.17. The molecule has 1 aliphatic rings. The minimum absolute atomic E-state index is 0. The number of carbonyl (C=O) groups is 1. The molecule has 0 fully saturated rings. The van der Waals surface area contributed by atoms with E-state index in [1.165, 1.54) is 11.3 Å². The fraction of sp³-hybridized carbons (Fsp3) is 0.118. The molecule has 1 aliphatic heterocycles. The van der Waals surface area contributed by atoms with Gasteiger partial charge >= 0.3 is 0 Å². The van der Waals surface area contributed by atoms with E-state index < -0.39 is 0 Å². The number of anilines is 1. The van der Waals surface area contributed by atoms with Crippen molar-refractivity contribution in [3.05, 3.63) is 58.2 Å². The number of hydrogen-bond donors (Lipinski definition) is 2. The maximum Gasteiger partial charge on any atom is 0.267 e. The van der Waals surface area contributed by atoms with Crippen LogP contribution in [-0.2, 0) is 0 Å². The van der Waals surface area contributed by atoms with Crippen LogP contribution in [-0.4, -0.2) is 29.8 Å². The van der Waals surface area contributed by atoms with Crippen LogP contribution in [0.4, 0.5) is 5.69 Å². The van der Waals surface area contributed by atoms with Gasteiger partial charge in [-0.15, -0.1) is 23.7 Å². The zero-order valence-electron chi connectivity index (χ0n) is 13.0. The second-order valence-electron chi connectivity index (χ2n) is 5.28. The molecule has 0 spiro atoms. The summed E-state index contributed by atoms with van der Waals surface area (Å²) in [5.74, 6) is 0.563. The molecular formula is C17H14Cl2N4OS. The van der Waals surface area contributed by atoms with Crippen LogP contribution < -0.4 is 10.6 Å². The fourth-order valence-corrected chi connectivity index (χ4v) is 3.94. The molecule has 0 radical (unpaired) electrons. The van der Waals surface area contributed by atoms with Gasteiger partial charge in [0.15, 0.2) is 0 Å². The zero-order valence-corrected chi connectivity index (χ0v) is 15.3. The third kappa shape index (κ3) is 3.46. The summed E-state index contributed by atoms with van der Waals surface area (Å²) in [5.41, 5.74) is 1.39. The monoisotopic (exact) mass is 392 g/mol. The van der Waals surface area contributed by atoms with E-state index in [9.17, 15) is 4.79 Å². The molecule has 1 amide bonds.